The van der Waals surface area contributed by atoms with Crippen molar-refractivity contribution in [2.24, 2.45) is 0 Å². The van der Waals surface area contributed by atoms with Gasteiger partial charge < -0.3 is 5.32 Å². The molecule has 0 amide bonds. The van der Waals surface area contributed by atoms with E-state index in [1.807, 2.05) is 6.92 Å². The van der Waals surface area contributed by atoms with Gasteiger partial charge in [-0.25, -0.2) is 0 Å². The Hall–Kier alpha value is -2.48. The largest absolute Gasteiger partial charge is 0.345 e. The minimum atomic E-state index is -0.253. The molecule has 0 aliphatic rings. The standard InChI is InChI=1S/C13H9ClN4/c1-8-3-4-11(14)9(2)13(8)18-12(7-17)10(5-15)6-16/h3-4,18H,1-2H3. The lowest BCUT2D eigenvalue weighted by atomic mass is 10.1. The highest BCUT2D eigenvalue weighted by atomic mass is 35.5. The molecule has 18 heavy (non-hydrogen) atoms. The molecule has 5 heteroatoms. The van der Waals surface area contributed by atoms with Crippen molar-refractivity contribution in [2.45, 2.75) is 13.8 Å². The highest BCUT2D eigenvalue weighted by Crippen LogP contribution is 2.28. The van der Waals surface area contributed by atoms with E-state index in [0.717, 1.165) is 11.1 Å². The fourth-order valence-electron chi connectivity index (χ4n) is 1.42. The fraction of sp³-hybridized carbons (Fsp3) is 0.154. The fourth-order valence-corrected chi connectivity index (χ4v) is 1.58. The second-order valence-electron chi connectivity index (χ2n) is 3.57. The lowest BCUT2D eigenvalue weighted by molar-refractivity contribution is 1.31. The van der Waals surface area contributed by atoms with Gasteiger partial charge in [0, 0.05) is 10.7 Å². The van der Waals surface area contributed by atoms with E-state index >= 15 is 0 Å². The zero-order valence-corrected chi connectivity index (χ0v) is 10.6. The highest BCUT2D eigenvalue weighted by Gasteiger charge is 2.11. The first-order valence-electron chi connectivity index (χ1n) is 5.02. The maximum Gasteiger partial charge on any atom is 0.163 e. The molecule has 0 unspecified atom stereocenters. The quantitative estimate of drug-likeness (QED) is 0.824. The molecule has 88 valence electrons. The monoisotopic (exact) mass is 256 g/mol. The first kappa shape index (κ1) is 13.6. The molecule has 0 fully saturated rings. The summed E-state index contributed by atoms with van der Waals surface area (Å²) in [6, 6.07) is 8.71. The maximum absolute atomic E-state index is 8.97. The minimum Gasteiger partial charge on any atom is -0.345 e. The van der Waals surface area contributed by atoms with Gasteiger partial charge in [-0.05, 0) is 31.0 Å². The average molecular weight is 257 g/mol. The van der Waals surface area contributed by atoms with Crippen molar-refractivity contribution in [1.82, 2.24) is 0 Å². The summed E-state index contributed by atoms with van der Waals surface area (Å²) in [6.45, 7) is 3.64. The van der Waals surface area contributed by atoms with Crippen LogP contribution >= 0.6 is 11.6 Å². The molecule has 1 aromatic rings. The predicted molar refractivity (Wildman–Crippen MR) is 68.4 cm³/mol. The van der Waals surface area contributed by atoms with Crippen LogP contribution in [0.3, 0.4) is 0 Å². The zero-order valence-electron chi connectivity index (χ0n) is 9.87. The Morgan fingerprint density at radius 2 is 1.72 bits per heavy atom. The Labute approximate surface area is 110 Å². The van der Waals surface area contributed by atoms with Crippen molar-refractivity contribution in [3.63, 3.8) is 0 Å². The van der Waals surface area contributed by atoms with Crippen molar-refractivity contribution in [3.05, 3.63) is 39.6 Å². The third kappa shape index (κ3) is 2.61. The smallest absolute Gasteiger partial charge is 0.163 e. The van der Waals surface area contributed by atoms with E-state index in [1.54, 1.807) is 37.3 Å². The van der Waals surface area contributed by atoms with Crippen LogP contribution in [-0.2, 0) is 0 Å². The SMILES string of the molecule is Cc1ccc(Cl)c(C)c1NC(C#N)=C(C#N)C#N. The maximum atomic E-state index is 8.97. The molecule has 0 saturated carbocycles. The number of benzene rings is 1. The average Bonchev–Trinajstić information content (AvgIpc) is 2.38. The van der Waals surface area contributed by atoms with Gasteiger partial charge in [-0.2, -0.15) is 15.8 Å². The van der Waals surface area contributed by atoms with Crippen LogP contribution in [0.1, 0.15) is 11.1 Å². The van der Waals surface area contributed by atoms with Gasteiger partial charge in [0.05, 0.1) is 0 Å². The van der Waals surface area contributed by atoms with Gasteiger partial charge >= 0.3 is 0 Å². The number of halogens is 1. The van der Waals surface area contributed by atoms with Crippen LogP contribution in [0, 0.1) is 47.8 Å². The first-order valence-corrected chi connectivity index (χ1v) is 5.40. The second-order valence-corrected chi connectivity index (χ2v) is 3.98. The van der Waals surface area contributed by atoms with Crippen LogP contribution in [0.2, 0.25) is 5.02 Å². The molecule has 0 heterocycles. The van der Waals surface area contributed by atoms with Gasteiger partial charge in [0.15, 0.2) is 5.57 Å². The van der Waals surface area contributed by atoms with Crippen molar-refractivity contribution < 1.29 is 0 Å². The lowest BCUT2D eigenvalue weighted by Crippen LogP contribution is -2.04. The normalized spacial score (nSPS) is 8.67. The molecule has 0 aliphatic heterocycles. The van der Waals surface area contributed by atoms with Crippen LogP contribution in [-0.4, -0.2) is 0 Å². The topological polar surface area (TPSA) is 83.4 Å². The molecule has 0 atom stereocenters. The van der Waals surface area contributed by atoms with E-state index in [4.69, 9.17) is 27.4 Å². The minimum absolute atomic E-state index is 0.0755. The molecule has 0 spiro atoms. The summed E-state index contributed by atoms with van der Waals surface area (Å²) in [5, 5.41) is 29.8. The number of nitrogens with zero attached hydrogens (tertiary/aromatic N) is 3. The van der Waals surface area contributed by atoms with Crippen LogP contribution in [0.4, 0.5) is 5.69 Å². The van der Waals surface area contributed by atoms with Gasteiger partial charge in [0.1, 0.15) is 23.9 Å². The van der Waals surface area contributed by atoms with Crippen LogP contribution in [0.15, 0.2) is 23.4 Å². The number of hydrogen-bond donors (Lipinski definition) is 1. The summed E-state index contributed by atoms with van der Waals surface area (Å²) in [5.41, 5.74) is 1.95. The van der Waals surface area contributed by atoms with Crippen LogP contribution in [0.25, 0.3) is 0 Å². The Kier molecular flexibility index (Phi) is 4.33. The molecule has 0 bridgehead atoms. The number of allylic oxidation sites excluding steroid dienone is 2. The number of nitriles is 3. The molecule has 1 rings (SSSR count). The molecule has 0 aliphatic carbocycles. The van der Waals surface area contributed by atoms with Crippen molar-refractivity contribution in [3.8, 4) is 18.2 Å². The third-order valence-corrected chi connectivity index (χ3v) is 2.85. The van der Waals surface area contributed by atoms with Crippen molar-refractivity contribution in [1.29, 1.82) is 15.8 Å². The second kappa shape index (κ2) is 5.73. The Bertz CT molecular complexity index is 623. The number of nitrogens with one attached hydrogen (secondary N) is 1. The van der Waals surface area contributed by atoms with Crippen LogP contribution < -0.4 is 5.32 Å². The summed E-state index contributed by atoms with van der Waals surface area (Å²) in [7, 11) is 0. The summed E-state index contributed by atoms with van der Waals surface area (Å²) >= 11 is 5.99. The van der Waals surface area contributed by atoms with E-state index in [1.165, 1.54) is 0 Å². The van der Waals surface area contributed by atoms with Gasteiger partial charge in [-0.15, -0.1) is 0 Å². The number of anilines is 1. The predicted octanol–water partition coefficient (Wildman–Crippen LogP) is 3.19. The lowest BCUT2D eigenvalue weighted by Gasteiger charge is -2.12. The molecular weight excluding hydrogens is 248 g/mol. The van der Waals surface area contributed by atoms with E-state index in [-0.39, 0.29) is 11.3 Å². The Balaban J connectivity index is 3.34. The van der Waals surface area contributed by atoms with Gasteiger partial charge in [-0.3, -0.25) is 0 Å². The van der Waals surface area contributed by atoms with Crippen LogP contribution in [0.5, 0.6) is 0 Å². The van der Waals surface area contributed by atoms with E-state index in [2.05, 4.69) is 5.32 Å². The molecule has 0 aromatic heterocycles. The number of rotatable bonds is 2. The number of aryl methyl sites for hydroxylation is 1. The summed E-state index contributed by atoms with van der Waals surface area (Å²) in [4.78, 5) is 0. The third-order valence-electron chi connectivity index (χ3n) is 2.44. The Morgan fingerprint density at radius 3 is 2.22 bits per heavy atom. The molecule has 1 N–H and O–H groups in total. The summed E-state index contributed by atoms with van der Waals surface area (Å²) in [6.07, 6.45) is 0. The molecular formula is C13H9ClN4. The van der Waals surface area contributed by atoms with Gasteiger partial charge in [0.25, 0.3) is 0 Å². The molecule has 4 nitrogen and oxygen atoms in total. The van der Waals surface area contributed by atoms with E-state index < -0.39 is 0 Å². The van der Waals surface area contributed by atoms with Gasteiger partial charge in [0.2, 0.25) is 0 Å². The Morgan fingerprint density at radius 1 is 1.11 bits per heavy atom. The zero-order chi connectivity index (χ0) is 13.7. The van der Waals surface area contributed by atoms with Gasteiger partial charge in [-0.1, -0.05) is 17.7 Å². The highest BCUT2D eigenvalue weighted by molar-refractivity contribution is 6.31. The van der Waals surface area contributed by atoms with Crippen molar-refractivity contribution >= 4 is 17.3 Å². The summed E-state index contributed by atoms with van der Waals surface area (Å²) in [5.74, 6) is 0. The van der Waals surface area contributed by atoms with E-state index in [0.29, 0.717) is 10.7 Å². The number of hydrogen-bond acceptors (Lipinski definition) is 4. The molecule has 0 radical (unpaired) electrons. The molecule has 1 aromatic carbocycles. The summed E-state index contributed by atoms with van der Waals surface area (Å²) < 4.78 is 0. The first-order chi connectivity index (χ1) is 8.54. The van der Waals surface area contributed by atoms with Crippen molar-refractivity contribution in [2.75, 3.05) is 5.32 Å². The molecule has 0 saturated heterocycles. The van der Waals surface area contributed by atoms with E-state index in [9.17, 15) is 0 Å².